The molecule has 1 atom stereocenters. The van der Waals surface area contributed by atoms with E-state index >= 15 is 0 Å². The van der Waals surface area contributed by atoms with E-state index in [1.54, 1.807) is 0 Å². The predicted molar refractivity (Wildman–Crippen MR) is 39.3 cm³/mol. The maximum absolute atomic E-state index is 3.48. The van der Waals surface area contributed by atoms with E-state index in [4.69, 9.17) is 0 Å². The van der Waals surface area contributed by atoms with Gasteiger partial charge in [-0.1, -0.05) is 0 Å². The third-order valence-electron chi connectivity index (χ3n) is 1.83. The first-order valence-corrected chi connectivity index (χ1v) is 3.62. The van der Waals surface area contributed by atoms with Crippen LogP contribution in [0.1, 0.15) is 19.8 Å². The molecule has 0 heterocycles. The van der Waals surface area contributed by atoms with E-state index in [0.717, 1.165) is 6.04 Å². The molecule has 1 N–H and O–H groups in total. The van der Waals surface area contributed by atoms with Crippen LogP contribution >= 0.6 is 0 Å². The number of hydrogen-bond donors (Lipinski definition) is 1. The molecule has 2 nitrogen and oxygen atoms in total. The van der Waals surface area contributed by atoms with Crippen LogP contribution in [0.3, 0.4) is 0 Å². The Labute approximate surface area is 57.2 Å². The number of nitrogens with one attached hydrogen (secondary N) is 1. The molecule has 0 aliphatic heterocycles. The average molecular weight is 128 g/mol. The Bertz CT molecular complexity index is 86.9. The molecule has 1 aliphatic rings. The highest BCUT2D eigenvalue weighted by Crippen LogP contribution is 2.19. The van der Waals surface area contributed by atoms with E-state index in [9.17, 15) is 0 Å². The maximum Gasteiger partial charge on any atom is 0.0565 e. The lowest BCUT2D eigenvalue weighted by Crippen LogP contribution is -2.39. The highest BCUT2D eigenvalue weighted by atomic mass is 15.2. The number of nitrogens with zero attached hydrogens (tertiary/aromatic N) is 1. The molecule has 1 fully saturated rings. The minimum Gasteiger partial charge on any atom is -0.299 e. The molecule has 0 aromatic heterocycles. The highest BCUT2D eigenvalue weighted by Gasteiger charge is 2.22. The van der Waals surface area contributed by atoms with Crippen molar-refractivity contribution in [2.45, 2.75) is 32.0 Å². The Morgan fingerprint density at radius 3 is 2.33 bits per heavy atom. The normalized spacial score (nSPS) is 22.7. The van der Waals surface area contributed by atoms with Crippen LogP contribution in [-0.2, 0) is 0 Å². The van der Waals surface area contributed by atoms with E-state index in [1.165, 1.54) is 12.8 Å². The summed E-state index contributed by atoms with van der Waals surface area (Å²) in [4.78, 5) is 2.19. The smallest absolute Gasteiger partial charge is 0.0565 e. The third kappa shape index (κ3) is 2.33. The molecule has 0 aromatic rings. The van der Waals surface area contributed by atoms with Crippen LogP contribution in [0.15, 0.2) is 0 Å². The zero-order valence-corrected chi connectivity index (χ0v) is 6.52. The Hall–Kier alpha value is -0.0800. The lowest BCUT2D eigenvalue weighted by atomic mass is 10.5. The van der Waals surface area contributed by atoms with Gasteiger partial charge in [-0.3, -0.25) is 10.2 Å². The Morgan fingerprint density at radius 2 is 2.00 bits per heavy atom. The summed E-state index contributed by atoms with van der Waals surface area (Å²) in [5, 5.41) is 3.48. The van der Waals surface area contributed by atoms with Gasteiger partial charge < -0.3 is 0 Å². The fourth-order valence-electron chi connectivity index (χ4n) is 0.740. The second kappa shape index (κ2) is 2.67. The van der Waals surface area contributed by atoms with E-state index in [-0.39, 0.29) is 0 Å². The van der Waals surface area contributed by atoms with Crippen LogP contribution in [0.5, 0.6) is 0 Å². The Morgan fingerprint density at radius 1 is 1.44 bits per heavy atom. The molecule has 0 saturated heterocycles. The molecule has 1 rings (SSSR count). The highest BCUT2D eigenvalue weighted by molar-refractivity contribution is 4.82. The fourth-order valence-corrected chi connectivity index (χ4v) is 0.740. The van der Waals surface area contributed by atoms with Gasteiger partial charge in [0.1, 0.15) is 0 Å². The zero-order valence-electron chi connectivity index (χ0n) is 6.52. The second-order valence-corrected chi connectivity index (χ2v) is 3.08. The van der Waals surface area contributed by atoms with Gasteiger partial charge in [-0.2, -0.15) is 0 Å². The van der Waals surface area contributed by atoms with Gasteiger partial charge in [0.2, 0.25) is 0 Å². The summed E-state index contributed by atoms with van der Waals surface area (Å²) in [6, 6.07) is 0.822. The van der Waals surface area contributed by atoms with Gasteiger partial charge in [0.05, 0.1) is 6.17 Å². The van der Waals surface area contributed by atoms with E-state index in [1.807, 2.05) is 0 Å². The van der Waals surface area contributed by atoms with Gasteiger partial charge >= 0.3 is 0 Å². The van der Waals surface area contributed by atoms with Crippen LogP contribution in [-0.4, -0.2) is 31.2 Å². The van der Waals surface area contributed by atoms with Crippen molar-refractivity contribution in [3.05, 3.63) is 0 Å². The van der Waals surface area contributed by atoms with Crippen molar-refractivity contribution >= 4 is 0 Å². The van der Waals surface area contributed by atoms with Crippen molar-refractivity contribution in [1.82, 2.24) is 10.2 Å². The topological polar surface area (TPSA) is 15.3 Å². The van der Waals surface area contributed by atoms with Crippen molar-refractivity contribution in [3.8, 4) is 0 Å². The minimum atomic E-state index is 0.539. The van der Waals surface area contributed by atoms with Crippen LogP contribution in [0, 0.1) is 0 Å². The standard InChI is InChI=1S/C7H16N2/c1-6(9(2)3)8-7-4-5-7/h6-8H,4-5H2,1-3H3. The Balaban J connectivity index is 2.09. The Kier molecular flexibility index (Phi) is 2.09. The monoisotopic (exact) mass is 128 g/mol. The summed E-state index contributed by atoms with van der Waals surface area (Å²) in [6.45, 7) is 2.19. The first-order chi connectivity index (χ1) is 4.20. The first-order valence-electron chi connectivity index (χ1n) is 3.62. The zero-order chi connectivity index (χ0) is 6.85. The van der Waals surface area contributed by atoms with Gasteiger partial charge in [-0.05, 0) is 33.9 Å². The number of rotatable bonds is 3. The van der Waals surface area contributed by atoms with E-state index in [2.05, 4.69) is 31.2 Å². The molecule has 1 unspecified atom stereocenters. The molecule has 0 amide bonds. The minimum absolute atomic E-state index is 0.539. The van der Waals surface area contributed by atoms with Gasteiger partial charge in [0.25, 0.3) is 0 Å². The molecule has 0 radical (unpaired) electrons. The first kappa shape index (κ1) is 7.03. The maximum atomic E-state index is 3.48. The molecule has 1 saturated carbocycles. The summed E-state index contributed by atoms with van der Waals surface area (Å²) in [5.74, 6) is 0. The molecule has 9 heavy (non-hydrogen) atoms. The summed E-state index contributed by atoms with van der Waals surface area (Å²) >= 11 is 0. The average Bonchev–Trinajstić information content (AvgIpc) is 2.50. The molecule has 2 heteroatoms. The molecule has 0 bridgehead atoms. The van der Waals surface area contributed by atoms with Crippen LogP contribution < -0.4 is 5.32 Å². The summed E-state index contributed by atoms with van der Waals surface area (Å²) < 4.78 is 0. The van der Waals surface area contributed by atoms with Gasteiger partial charge in [0, 0.05) is 6.04 Å². The fraction of sp³-hybridized carbons (Fsp3) is 1.00. The van der Waals surface area contributed by atoms with Crippen LogP contribution in [0.4, 0.5) is 0 Å². The quantitative estimate of drug-likeness (QED) is 0.561. The molecule has 0 aromatic carbocycles. The van der Waals surface area contributed by atoms with Crippen LogP contribution in [0.2, 0.25) is 0 Å². The number of hydrogen-bond acceptors (Lipinski definition) is 2. The molecular weight excluding hydrogens is 112 g/mol. The van der Waals surface area contributed by atoms with Crippen molar-refractivity contribution in [2.75, 3.05) is 14.1 Å². The van der Waals surface area contributed by atoms with Crippen molar-refractivity contribution in [1.29, 1.82) is 0 Å². The van der Waals surface area contributed by atoms with Gasteiger partial charge in [0.15, 0.2) is 0 Å². The van der Waals surface area contributed by atoms with Gasteiger partial charge in [-0.15, -0.1) is 0 Å². The summed E-state index contributed by atoms with van der Waals surface area (Å²) in [5.41, 5.74) is 0. The lowest BCUT2D eigenvalue weighted by Gasteiger charge is -2.20. The van der Waals surface area contributed by atoms with Crippen molar-refractivity contribution < 1.29 is 0 Å². The molecular formula is C7H16N2. The lowest BCUT2D eigenvalue weighted by molar-refractivity contribution is 0.263. The summed E-state index contributed by atoms with van der Waals surface area (Å²) in [6.07, 6.45) is 3.29. The molecule has 54 valence electrons. The van der Waals surface area contributed by atoms with Gasteiger partial charge in [-0.25, -0.2) is 0 Å². The van der Waals surface area contributed by atoms with E-state index in [0.29, 0.717) is 6.17 Å². The van der Waals surface area contributed by atoms with Crippen LogP contribution in [0.25, 0.3) is 0 Å². The summed E-state index contributed by atoms with van der Waals surface area (Å²) in [7, 11) is 4.19. The third-order valence-corrected chi connectivity index (χ3v) is 1.83. The second-order valence-electron chi connectivity index (χ2n) is 3.08. The molecule has 1 aliphatic carbocycles. The molecule has 0 spiro atoms. The van der Waals surface area contributed by atoms with Crippen molar-refractivity contribution in [2.24, 2.45) is 0 Å². The SMILES string of the molecule is CC(NC1CC1)N(C)C. The van der Waals surface area contributed by atoms with Crippen molar-refractivity contribution in [3.63, 3.8) is 0 Å². The van der Waals surface area contributed by atoms with E-state index < -0.39 is 0 Å². The largest absolute Gasteiger partial charge is 0.299 e. The predicted octanol–water partition coefficient (Wildman–Crippen LogP) is 0.646.